The monoisotopic (exact) mass is 724 g/mol. The minimum atomic E-state index is -2.14. The van der Waals surface area contributed by atoms with Gasteiger partial charge in [-0.25, -0.2) is 0 Å². The second kappa shape index (κ2) is 13.6. The third-order valence-corrected chi connectivity index (χ3v) is 32.4. The van der Waals surface area contributed by atoms with Gasteiger partial charge in [-0.3, -0.25) is 0 Å². The van der Waals surface area contributed by atoms with Crippen LogP contribution < -0.4 is 24.8 Å². The van der Waals surface area contributed by atoms with Crippen LogP contribution in [0.4, 0.5) is 0 Å². The third kappa shape index (κ3) is 5.71. The molecular formula is C40H56Cl2SiZr. The van der Waals surface area contributed by atoms with Crippen molar-refractivity contribution in [2.75, 3.05) is 0 Å². The van der Waals surface area contributed by atoms with Crippen molar-refractivity contribution in [1.82, 2.24) is 0 Å². The molecule has 0 heterocycles. The van der Waals surface area contributed by atoms with Crippen LogP contribution >= 0.6 is 0 Å². The molecule has 2 atom stereocenters. The van der Waals surface area contributed by atoms with E-state index in [-0.39, 0.29) is 24.8 Å². The standard InChI is InChI=1S/2C19H25.C2H6Si.2ClH.Zr/c2*1-13-8-9-17(19(4)10-6-5-7-11-19)18-15(3)14(2)12-16(13)18;1-3-2;;;/h2*8-9,12H,5-7,10-11H2,1-4H3;1-2H3;2*1H;/q;;;;;+2/p-2. The molecule has 2 saturated carbocycles. The van der Waals surface area contributed by atoms with Crippen LogP contribution in [0.15, 0.2) is 35.4 Å². The van der Waals surface area contributed by atoms with Crippen molar-refractivity contribution in [1.29, 1.82) is 0 Å². The fourth-order valence-corrected chi connectivity index (χ4v) is 31.5. The SMILES string of the molecule is CC1=C(C)[CH]([Zr+2]([CH]2C(C)=C(C)c3c(C4(C)CCCCC4)ccc(C)c32)=[Si](C)C)c2c(C)ccc(C3(C)CCCCC3)c21.[Cl-].[Cl-]. The van der Waals surface area contributed by atoms with Gasteiger partial charge in [0.15, 0.2) is 0 Å². The molecule has 4 aliphatic rings. The van der Waals surface area contributed by atoms with E-state index in [2.05, 4.69) is 92.7 Å². The number of allylic oxidation sites excluding steroid dienone is 4. The van der Waals surface area contributed by atoms with E-state index in [9.17, 15) is 0 Å². The second-order valence-corrected chi connectivity index (χ2v) is 33.5. The van der Waals surface area contributed by atoms with Crippen LogP contribution in [-0.2, 0) is 31.2 Å². The third-order valence-electron chi connectivity index (χ3n) is 12.7. The van der Waals surface area contributed by atoms with Crippen molar-refractivity contribution >= 4 is 16.6 Å². The summed E-state index contributed by atoms with van der Waals surface area (Å²) in [5.74, 6) is 0. The minimum absolute atomic E-state index is 0. The zero-order chi connectivity index (χ0) is 30.1. The zero-order valence-electron chi connectivity index (χ0n) is 29.3. The summed E-state index contributed by atoms with van der Waals surface area (Å²) >= 11 is -2.14. The Kier molecular flexibility index (Phi) is 11.3. The van der Waals surface area contributed by atoms with E-state index >= 15 is 0 Å². The summed E-state index contributed by atoms with van der Waals surface area (Å²) in [7, 11) is 0. The predicted octanol–water partition coefficient (Wildman–Crippen LogP) is 6.02. The minimum Gasteiger partial charge on any atom is -1.00 e. The van der Waals surface area contributed by atoms with Gasteiger partial charge >= 0.3 is 268 Å². The number of hydrogen-bond acceptors (Lipinski definition) is 0. The van der Waals surface area contributed by atoms with Crippen molar-refractivity contribution in [2.24, 2.45) is 0 Å². The molecule has 0 bridgehead atoms. The molecule has 44 heavy (non-hydrogen) atoms. The number of aryl methyl sites for hydroxylation is 2. The molecule has 2 aromatic rings. The topological polar surface area (TPSA) is 0 Å². The summed E-state index contributed by atoms with van der Waals surface area (Å²) in [6, 6.07) is 10.2. The normalized spacial score (nSPS) is 23.3. The maximum absolute atomic E-state index is 2.71. The van der Waals surface area contributed by atoms with Crippen LogP contribution in [0.1, 0.15) is 158 Å². The maximum atomic E-state index is 2.71. The number of benzene rings is 2. The van der Waals surface area contributed by atoms with Crippen LogP contribution in [0.2, 0.25) is 13.1 Å². The Balaban J connectivity index is 0.00000221. The number of hydrogen-bond donors (Lipinski definition) is 0. The number of halogens is 2. The van der Waals surface area contributed by atoms with Gasteiger partial charge in [-0.05, 0) is 0 Å². The summed E-state index contributed by atoms with van der Waals surface area (Å²) in [5.41, 5.74) is 20.6. The van der Waals surface area contributed by atoms with E-state index in [1.165, 1.54) is 64.2 Å². The van der Waals surface area contributed by atoms with Crippen molar-refractivity contribution in [2.45, 2.75) is 151 Å². The molecule has 0 radical (unpaired) electrons. The summed E-state index contributed by atoms with van der Waals surface area (Å²) in [5, 5.41) is 0. The Bertz CT molecular complexity index is 1430. The Labute approximate surface area is 290 Å². The van der Waals surface area contributed by atoms with Crippen LogP contribution in [0.3, 0.4) is 0 Å². The van der Waals surface area contributed by atoms with E-state index in [1.807, 2.05) is 0 Å². The predicted molar refractivity (Wildman–Crippen MR) is 183 cm³/mol. The first-order valence-electron chi connectivity index (χ1n) is 17.2. The molecule has 0 aliphatic heterocycles. The molecule has 0 aromatic heterocycles. The van der Waals surface area contributed by atoms with Gasteiger partial charge in [0, 0.05) is 0 Å². The first-order valence-corrected chi connectivity index (χ1v) is 26.2. The van der Waals surface area contributed by atoms with Gasteiger partial charge in [0.1, 0.15) is 0 Å². The fourth-order valence-electron chi connectivity index (χ4n) is 9.99. The van der Waals surface area contributed by atoms with Crippen molar-refractivity contribution in [3.8, 4) is 0 Å². The summed E-state index contributed by atoms with van der Waals surface area (Å²) in [6.45, 7) is 25.7. The second-order valence-electron chi connectivity index (χ2n) is 15.6. The van der Waals surface area contributed by atoms with Gasteiger partial charge in [-0.1, -0.05) is 0 Å². The van der Waals surface area contributed by atoms with Gasteiger partial charge in [0.05, 0.1) is 0 Å². The van der Waals surface area contributed by atoms with E-state index in [0.29, 0.717) is 10.8 Å². The fraction of sp³-hybridized carbons (Fsp3) is 0.600. The van der Waals surface area contributed by atoms with Gasteiger partial charge in [-0.2, -0.15) is 0 Å². The van der Waals surface area contributed by atoms with Gasteiger partial charge in [0.2, 0.25) is 0 Å². The summed E-state index contributed by atoms with van der Waals surface area (Å²) < 4.78 is 1.45. The Morgan fingerprint density at radius 2 is 0.909 bits per heavy atom. The molecule has 4 heteroatoms. The largest absolute Gasteiger partial charge is 1.00 e. The number of rotatable bonds is 4. The van der Waals surface area contributed by atoms with Gasteiger partial charge in [0.25, 0.3) is 0 Å². The van der Waals surface area contributed by atoms with Crippen molar-refractivity contribution in [3.63, 3.8) is 0 Å². The Hall–Kier alpha value is -0.400. The summed E-state index contributed by atoms with van der Waals surface area (Å²) in [4.78, 5) is 0. The van der Waals surface area contributed by atoms with Crippen molar-refractivity contribution in [3.05, 3.63) is 79.9 Å². The quantitative estimate of drug-likeness (QED) is 0.339. The van der Waals surface area contributed by atoms with Crippen LogP contribution in [0.5, 0.6) is 0 Å². The van der Waals surface area contributed by atoms with E-state index in [1.54, 1.807) is 66.8 Å². The molecule has 6 rings (SSSR count). The average molecular weight is 727 g/mol. The molecule has 238 valence electrons. The summed E-state index contributed by atoms with van der Waals surface area (Å²) in [6.07, 6.45) is 13.9. The van der Waals surface area contributed by atoms with E-state index < -0.39 is 25.8 Å². The Morgan fingerprint density at radius 1 is 0.568 bits per heavy atom. The molecule has 0 spiro atoms. The Morgan fingerprint density at radius 3 is 1.23 bits per heavy atom. The van der Waals surface area contributed by atoms with E-state index in [0.717, 1.165) is 7.25 Å². The molecule has 2 fully saturated rings. The van der Waals surface area contributed by atoms with Crippen LogP contribution in [-0.4, -0.2) is 5.43 Å². The van der Waals surface area contributed by atoms with Gasteiger partial charge < -0.3 is 24.8 Å². The molecule has 0 N–H and O–H groups in total. The average Bonchev–Trinajstić information content (AvgIpc) is 3.37. The molecule has 0 saturated heterocycles. The molecule has 0 nitrogen and oxygen atoms in total. The smallest absolute Gasteiger partial charge is 1.00 e. The van der Waals surface area contributed by atoms with Crippen LogP contribution in [0, 0.1) is 13.8 Å². The van der Waals surface area contributed by atoms with Crippen LogP contribution in [0.25, 0.3) is 11.1 Å². The molecule has 2 aromatic carbocycles. The first-order chi connectivity index (χ1) is 19.9. The van der Waals surface area contributed by atoms with Gasteiger partial charge in [-0.15, -0.1) is 0 Å². The number of fused-ring (bicyclic) bond motifs is 2. The maximum Gasteiger partial charge on any atom is -1.00 e. The first kappa shape index (κ1) is 36.4. The molecule has 4 aliphatic carbocycles. The van der Waals surface area contributed by atoms with E-state index in [4.69, 9.17) is 0 Å². The zero-order valence-corrected chi connectivity index (χ0v) is 34.3. The van der Waals surface area contributed by atoms with Crippen molar-refractivity contribution < 1.29 is 45.2 Å². The molecular weight excluding hydrogens is 671 g/mol. The molecule has 0 amide bonds. The molecule has 2 unspecified atom stereocenters.